The number of nitrogens with one attached hydrogen (secondary N) is 1. The molecule has 156 valence electrons. The fraction of sp³-hybridized carbons (Fsp3) is 0.381. The molecule has 0 saturated heterocycles. The third-order valence-electron chi connectivity index (χ3n) is 3.69. The predicted molar refractivity (Wildman–Crippen MR) is 113 cm³/mol. The van der Waals surface area contributed by atoms with Gasteiger partial charge in [0.15, 0.2) is 0 Å². The first-order chi connectivity index (χ1) is 13.7. The van der Waals surface area contributed by atoms with Crippen LogP contribution in [0.2, 0.25) is 0 Å². The molecule has 0 aliphatic heterocycles. The van der Waals surface area contributed by atoms with Crippen molar-refractivity contribution >= 4 is 29.5 Å². The van der Waals surface area contributed by atoms with Crippen LogP contribution in [0.5, 0.6) is 0 Å². The van der Waals surface area contributed by atoms with E-state index in [-0.39, 0.29) is 6.61 Å². The van der Waals surface area contributed by atoms with Gasteiger partial charge in [-0.05, 0) is 45.4 Å². The molecule has 29 heavy (non-hydrogen) atoms. The average Bonchev–Trinajstić information content (AvgIpc) is 2.65. The molecule has 1 aromatic carbocycles. The molecule has 3 N–H and O–H groups in total. The molecule has 7 nitrogen and oxygen atoms in total. The van der Waals surface area contributed by atoms with Crippen molar-refractivity contribution in [3.05, 3.63) is 54.2 Å². The lowest BCUT2D eigenvalue weighted by Gasteiger charge is -2.28. The van der Waals surface area contributed by atoms with Crippen LogP contribution < -0.4 is 11.1 Å². The molecule has 1 aromatic heterocycles. The highest BCUT2D eigenvalue weighted by Crippen LogP contribution is 2.35. The summed E-state index contributed by atoms with van der Waals surface area (Å²) in [6, 6.07) is 11.9. The van der Waals surface area contributed by atoms with Crippen molar-refractivity contribution in [1.82, 2.24) is 10.3 Å². The van der Waals surface area contributed by atoms with Crippen molar-refractivity contribution in [3.8, 4) is 0 Å². The van der Waals surface area contributed by atoms with Gasteiger partial charge in [0.1, 0.15) is 15.9 Å². The number of nitrogen functional groups attached to an aromatic ring is 1. The molecule has 1 amide bonds. The van der Waals surface area contributed by atoms with Gasteiger partial charge in [0.05, 0.1) is 18.3 Å². The van der Waals surface area contributed by atoms with E-state index >= 15 is 0 Å². The Bertz CT molecular complexity index is 824. The SMILES string of the molecule is CCOC(=O)[C@@H](Sc1ncccc1N)[C@H](NC(=O)OC(C)(C)C)c1ccccc1. The average molecular weight is 418 g/mol. The number of ether oxygens (including phenoxy) is 2. The first-order valence-corrected chi connectivity index (χ1v) is 10.2. The lowest BCUT2D eigenvalue weighted by atomic mass is 10.0. The summed E-state index contributed by atoms with van der Waals surface area (Å²) in [5.74, 6) is -0.479. The number of alkyl carbamates (subject to hydrolysis) is 1. The fourth-order valence-electron chi connectivity index (χ4n) is 2.53. The third kappa shape index (κ3) is 6.98. The summed E-state index contributed by atoms with van der Waals surface area (Å²) in [4.78, 5) is 29.6. The minimum atomic E-state index is -0.818. The highest BCUT2D eigenvalue weighted by Gasteiger charge is 2.35. The van der Waals surface area contributed by atoms with E-state index in [1.807, 2.05) is 30.3 Å². The van der Waals surface area contributed by atoms with Crippen molar-refractivity contribution in [1.29, 1.82) is 0 Å². The van der Waals surface area contributed by atoms with Gasteiger partial charge >= 0.3 is 12.1 Å². The highest BCUT2D eigenvalue weighted by atomic mass is 32.2. The van der Waals surface area contributed by atoms with Crippen LogP contribution in [-0.2, 0) is 14.3 Å². The zero-order valence-corrected chi connectivity index (χ0v) is 17.9. The number of hydrogen-bond donors (Lipinski definition) is 2. The quantitative estimate of drug-likeness (QED) is 0.519. The first kappa shape index (κ1) is 22.5. The minimum absolute atomic E-state index is 0.210. The van der Waals surface area contributed by atoms with Crippen molar-refractivity contribution in [2.24, 2.45) is 0 Å². The van der Waals surface area contributed by atoms with Gasteiger partial charge < -0.3 is 20.5 Å². The third-order valence-corrected chi connectivity index (χ3v) is 4.97. The number of pyridine rings is 1. The normalized spacial score (nSPS) is 13.2. The molecular formula is C21H27N3O4S. The number of hydrogen-bond acceptors (Lipinski definition) is 7. The number of nitrogens with zero attached hydrogens (tertiary/aromatic N) is 1. The molecule has 1 heterocycles. The van der Waals surface area contributed by atoms with E-state index in [9.17, 15) is 9.59 Å². The van der Waals surface area contributed by atoms with Crippen LogP contribution in [-0.4, -0.2) is 34.5 Å². The van der Waals surface area contributed by atoms with Gasteiger partial charge in [-0.3, -0.25) is 4.79 Å². The number of nitrogens with two attached hydrogens (primary N) is 1. The molecule has 0 aliphatic carbocycles. The molecule has 2 atom stereocenters. The minimum Gasteiger partial charge on any atom is -0.465 e. The smallest absolute Gasteiger partial charge is 0.408 e. The standard InChI is InChI=1S/C21H27N3O4S/c1-5-27-19(25)17(29-18-15(22)12-9-13-23-18)16(14-10-7-6-8-11-14)24-20(26)28-21(2,3)4/h6-13,16-17H,5,22H2,1-4H3,(H,24,26)/t16-,17+/m1/s1. The zero-order valence-electron chi connectivity index (χ0n) is 17.0. The van der Waals surface area contributed by atoms with Crippen LogP contribution in [0.1, 0.15) is 39.3 Å². The van der Waals surface area contributed by atoms with Gasteiger partial charge in [0.2, 0.25) is 0 Å². The largest absolute Gasteiger partial charge is 0.465 e. The molecule has 0 saturated carbocycles. The van der Waals surface area contributed by atoms with Crippen LogP contribution >= 0.6 is 11.8 Å². The van der Waals surface area contributed by atoms with Crippen molar-refractivity contribution < 1.29 is 19.1 Å². The monoisotopic (exact) mass is 417 g/mol. The summed E-state index contributed by atoms with van der Waals surface area (Å²) in [6.45, 7) is 7.26. The molecule has 8 heteroatoms. The molecule has 0 fully saturated rings. The Morgan fingerprint density at radius 3 is 2.45 bits per heavy atom. The molecule has 0 unspecified atom stereocenters. The van der Waals surface area contributed by atoms with Crippen LogP contribution in [0.15, 0.2) is 53.7 Å². The van der Waals surface area contributed by atoms with E-state index in [4.69, 9.17) is 15.2 Å². The molecule has 2 aromatic rings. The number of aromatic nitrogens is 1. The maximum atomic E-state index is 12.8. The number of thioether (sulfide) groups is 1. The molecule has 2 rings (SSSR count). The number of esters is 1. The Labute approximate surface area is 175 Å². The molecule has 0 spiro atoms. The van der Waals surface area contributed by atoms with Crippen molar-refractivity contribution in [2.45, 2.75) is 49.6 Å². The summed E-state index contributed by atoms with van der Waals surface area (Å²) < 4.78 is 10.7. The van der Waals surface area contributed by atoms with Gasteiger partial charge in [-0.25, -0.2) is 9.78 Å². The summed E-state index contributed by atoms with van der Waals surface area (Å²) in [5.41, 5.74) is 6.52. The Morgan fingerprint density at radius 2 is 1.86 bits per heavy atom. The highest BCUT2D eigenvalue weighted by molar-refractivity contribution is 8.00. The summed E-state index contributed by atoms with van der Waals surface area (Å²) in [7, 11) is 0. The van der Waals surface area contributed by atoms with E-state index in [2.05, 4.69) is 10.3 Å². The van der Waals surface area contributed by atoms with E-state index in [0.717, 1.165) is 17.3 Å². The molecule has 0 bridgehead atoms. The second-order valence-electron chi connectivity index (χ2n) is 7.22. The topological polar surface area (TPSA) is 104 Å². The lowest BCUT2D eigenvalue weighted by Crippen LogP contribution is -2.42. The van der Waals surface area contributed by atoms with Crippen molar-refractivity contribution in [3.63, 3.8) is 0 Å². The number of carbonyl (C=O) groups excluding carboxylic acids is 2. The zero-order chi connectivity index (χ0) is 21.4. The molecule has 0 radical (unpaired) electrons. The molecule has 0 aliphatic rings. The van der Waals surface area contributed by atoms with Crippen LogP contribution in [0.25, 0.3) is 0 Å². The first-order valence-electron chi connectivity index (χ1n) is 9.29. The van der Waals surface area contributed by atoms with Crippen LogP contribution in [0.3, 0.4) is 0 Å². The number of rotatable bonds is 7. The van der Waals surface area contributed by atoms with Gasteiger partial charge in [-0.2, -0.15) is 0 Å². The Kier molecular flexibility index (Phi) is 7.90. The number of carbonyl (C=O) groups is 2. The number of amides is 1. The number of anilines is 1. The Morgan fingerprint density at radius 1 is 1.17 bits per heavy atom. The number of benzene rings is 1. The Balaban J connectivity index is 2.41. The van der Waals surface area contributed by atoms with Gasteiger partial charge in [0.25, 0.3) is 0 Å². The van der Waals surface area contributed by atoms with Gasteiger partial charge in [-0.15, -0.1) is 0 Å². The van der Waals surface area contributed by atoms with E-state index in [1.165, 1.54) is 0 Å². The maximum absolute atomic E-state index is 12.8. The predicted octanol–water partition coefficient (Wildman–Crippen LogP) is 3.95. The van der Waals surface area contributed by atoms with E-state index in [0.29, 0.717) is 10.7 Å². The van der Waals surface area contributed by atoms with E-state index in [1.54, 1.807) is 46.0 Å². The lowest BCUT2D eigenvalue weighted by molar-refractivity contribution is -0.143. The second kappa shape index (κ2) is 10.2. The summed E-state index contributed by atoms with van der Waals surface area (Å²) in [5, 5.41) is 2.48. The molecular weight excluding hydrogens is 390 g/mol. The Hall–Kier alpha value is -2.74. The summed E-state index contributed by atoms with van der Waals surface area (Å²) in [6.07, 6.45) is 0.968. The maximum Gasteiger partial charge on any atom is 0.408 e. The van der Waals surface area contributed by atoms with E-state index < -0.39 is 29.0 Å². The van der Waals surface area contributed by atoms with Crippen molar-refractivity contribution in [2.75, 3.05) is 12.3 Å². The van der Waals surface area contributed by atoms with Crippen LogP contribution in [0, 0.1) is 0 Å². The van der Waals surface area contributed by atoms with Crippen LogP contribution in [0.4, 0.5) is 10.5 Å². The van der Waals surface area contributed by atoms with Gasteiger partial charge in [-0.1, -0.05) is 42.1 Å². The van der Waals surface area contributed by atoms with Gasteiger partial charge in [0, 0.05) is 6.20 Å². The summed E-state index contributed by atoms with van der Waals surface area (Å²) >= 11 is 1.15. The fourth-order valence-corrected chi connectivity index (χ4v) is 3.62. The second-order valence-corrected chi connectivity index (χ2v) is 8.35.